The highest BCUT2D eigenvalue weighted by molar-refractivity contribution is 5.79. The fourth-order valence-corrected chi connectivity index (χ4v) is 1.50. The van der Waals surface area contributed by atoms with E-state index in [1.807, 2.05) is 18.3 Å². The normalized spacial score (nSPS) is 13.4. The lowest BCUT2D eigenvalue weighted by atomic mass is 10.1. The van der Waals surface area contributed by atoms with Crippen molar-refractivity contribution in [2.45, 2.75) is 19.4 Å². The quantitative estimate of drug-likeness (QED) is 0.733. The maximum Gasteiger partial charge on any atom is 0.137 e. The molecule has 0 saturated heterocycles. The Morgan fingerprint density at radius 3 is 3.23 bits per heavy atom. The number of hydrogen-bond donors (Lipinski definition) is 2. The minimum Gasteiger partial charge on any atom is -0.346 e. The molecule has 1 atom stereocenters. The predicted molar refractivity (Wildman–Crippen MR) is 53.3 cm³/mol. The monoisotopic (exact) mass is 175 g/mol. The smallest absolute Gasteiger partial charge is 0.137 e. The molecule has 2 aromatic heterocycles. The molecule has 0 amide bonds. The highest BCUT2D eigenvalue weighted by atomic mass is 14.8. The minimum atomic E-state index is 0.109. The Balaban J connectivity index is 2.57. The molecule has 0 aromatic carbocycles. The van der Waals surface area contributed by atoms with Crippen LogP contribution in [0.3, 0.4) is 0 Å². The van der Waals surface area contributed by atoms with Crippen molar-refractivity contribution in [2.75, 3.05) is 0 Å². The Bertz CT molecular complexity index is 405. The number of aromatic amines is 1. The zero-order valence-electron chi connectivity index (χ0n) is 7.62. The van der Waals surface area contributed by atoms with E-state index in [-0.39, 0.29) is 6.04 Å². The van der Waals surface area contributed by atoms with Crippen LogP contribution in [0.2, 0.25) is 0 Å². The van der Waals surface area contributed by atoms with Gasteiger partial charge in [-0.25, -0.2) is 4.98 Å². The molecule has 13 heavy (non-hydrogen) atoms. The van der Waals surface area contributed by atoms with E-state index in [9.17, 15) is 0 Å². The van der Waals surface area contributed by atoms with Gasteiger partial charge in [0.25, 0.3) is 0 Å². The van der Waals surface area contributed by atoms with Gasteiger partial charge in [0.15, 0.2) is 0 Å². The molecule has 0 aliphatic heterocycles. The van der Waals surface area contributed by atoms with E-state index in [1.54, 1.807) is 6.20 Å². The van der Waals surface area contributed by atoms with Crippen LogP contribution in [0.5, 0.6) is 0 Å². The molecular weight excluding hydrogens is 162 g/mol. The number of H-pyrrole nitrogens is 1. The molecule has 68 valence electrons. The first-order chi connectivity index (χ1) is 6.33. The number of pyridine rings is 1. The van der Waals surface area contributed by atoms with Crippen molar-refractivity contribution in [3.8, 4) is 0 Å². The zero-order chi connectivity index (χ0) is 9.26. The number of fused-ring (bicyclic) bond motifs is 1. The Kier molecular flexibility index (Phi) is 2.02. The third-order valence-electron chi connectivity index (χ3n) is 2.32. The molecular formula is C10H13N3. The van der Waals surface area contributed by atoms with Gasteiger partial charge in [-0.3, -0.25) is 0 Å². The van der Waals surface area contributed by atoms with E-state index < -0.39 is 0 Å². The predicted octanol–water partition coefficient (Wildman–Crippen LogP) is 1.97. The Hall–Kier alpha value is -1.35. The van der Waals surface area contributed by atoms with Gasteiger partial charge in [-0.05, 0) is 24.1 Å². The van der Waals surface area contributed by atoms with Crippen molar-refractivity contribution >= 4 is 11.0 Å². The SMILES string of the molecule is CC[C@@H](N)c1c[nH]c2ncccc12. The summed E-state index contributed by atoms with van der Waals surface area (Å²) in [5.74, 6) is 0. The summed E-state index contributed by atoms with van der Waals surface area (Å²) in [6.07, 6.45) is 4.67. The van der Waals surface area contributed by atoms with Crippen LogP contribution in [0.25, 0.3) is 11.0 Å². The van der Waals surface area contributed by atoms with Gasteiger partial charge in [0.2, 0.25) is 0 Å². The van der Waals surface area contributed by atoms with Crippen LogP contribution in [0.15, 0.2) is 24.5 Å². The molecule has 2 heterocycles. The van der Waals surface area contributed by atoms with Gasteiger partial charge < -0.3 is 10.7 Å². The highest BCUT2D eigenvalue weighted by Gasteiger charge is 2.09. The molecule has 0 aliphatic rings. The summed E-state index contributed by atoms with van der Waals surface area (Å²) in [6, 6.07) is 4.09. The second-order valence-electron chi connectivity index (χ2n) is 3.16. The summed E-state index contributed by atoms with van der Waals surface area (Å²) >= 11 is 0. The molecule has 0 fully saturated rings. The number of nitrogens with two attached hydrogens (primary N) is 1. The fourth-order valence-electron chi connectivity index (χ4n) is 1.50. The molecule has 3 nitrogen and oxygen atoms in total. The molecule has 0 unspecified atom stereocenters. The van der Waals surface area contributed by atoms with E-state index >= 15 is 0 Å². The second-order valence-corrected chi connectivity index (χ2v) is 3.16. The number of nitrogens with one attached hydrogen (secondary N) is 1. The van der Waals surface area contributed by atoms with Crippen molar-refractivity contribution in [3.63, 3.8) is 0 Å². The van der Waals surface area contributed by atoms with E-state index in [4.69, 9.17) is 5.73 Å². The fraction of sp³-hybridized carbons (Fsp3) is 0.300. The topological polar surface area (TPSA) is 54.7 Å². The van der Waals surface area contributed by atoms with Gasteiger partial charge in [-0.15, -0.1) is 0 Å². The van der Waals surface area contributed by atoms with Crippen molar-refractivity contribution in [3.05, 3.63) is 30.1 Å². The van der Waals surface area contributed by atoms with E-state index in [0.717, 1.165) is 23.0 Å². The molecule has 0 bridgehead atoms. The lowest BCUT2D eigenvalue weighted by Gasteiger charge is -2.05. The summed E-state index contributed by atoms with van der Waals surface area (Å²) < 4.78 is 0. The first kappa shape index (κ1) is 8.26. The van der Waals surface area contributed by atoms with Crippen LogP contribution in [-0.4, -0.2) is 9.97 Å². The molecule has 2 rings (SSSR count). The molecule has 3 N–H and O–H groups in total. The van der Waals surface area contributed by atoms with Gasteiger partial charge in [0.05, 0.1) is 0 Å². The van der Waals surface area contributed by atoms with Crippen molar-refractivity contribution in [1.29, 1.82) is 0 Å². The molecule has 0 radical (unpaired) electrons. The Morgan fingerprint density at radius 1 is 1.62 bits per heavy atom. The second kappa shape index (κ2) is 3.18. The summed E-state index contributed by atoms with van der Waals surface area (Å²) in [7, 11) is 0. The van der Waals surface area contributed by atoms with Crippen LogP contribution in [0.1, 0.15) is 24.9 Å². The summed E-state index contributed by atoms with van der Waals surface area (Å²) in [4.78, 5) is 7.32. The molecule has 3 heteroatoms. The van der Waals surface area contributed by atoms with Crippen molar-refractivity contribution in [2.24, 2.45) is 5.73 Å². The Labute approximate surface area is 77.0 Å². The molecule has 2 aromatic rings. The van der Waals surface area contributed by atoms with E-state index in [2.05, 4.69) is 16.9 Å². The molecule has 0 saturated carbocycles. The number of rotatable bonds is 2. The standard InChI is InChI=1S/C10H13N3/c1-2-9(11)8-6-13-10-7(8)4-3-5-12-10/h3-6,9H,2,11H2,1H3,(H,12,13)/t9-/m1/s1. The van der Waals surface area contributed by atoms with Crippen molar-refractivity contribution < 1.29 is 0 Å². The average molecular weight is 175 g/mol. The van der Waals surface area contributed by atoms with Gasteiger partial charge in [-0.1, -0.05) is 6.92 Å². The van der Waals surface area contributed by atoms with Crippen molar-refractivity contribution in [1.82, 2.24) is 9.97 Å². The zero-order valence-corrected chi connectivity index (χ0v) is 7.62. The van der Waals surface area contributed by atoms with Gasteiger partial charge in [0.1, 0.15) is 5.65 Å². The third kappa shape index (κ3) is 1.31. The van der Waals surface area contributed by atoms with Crippen LogP contribution in [-0.2, 0) is 0 Å². The average Bonchev–Trinajstić information content (AvgIpc) is 2.60. The van der Waals surface area contributed by atoms with Crippen LogP contribution < -0.4 is 5.73 Å². The first-order valence-corrected chi connectivity index (χ1v) is 4.50. The van der Waals surface area contributed by atoms with Crippen LogP contribution in [0, 0.1) is 0 Å². The largest absolute Gasteiger partial charge is 0.346 e. The van der Waals surface area contributed by atoms with Crippen LogP contribution >= 0.6 is 0 Å². The van der Waals surface area contributed by atoms with E-state index in [0.29, 0.717) is 0 Å². The third-order valence-corrected chi connectivity index (χ3v) is 2.32. The first-order valence-electron chi connectivity index (χ1n) is 4.50. The van der Waals surface area contributed by atoms with Gasteiger partial charge in [-0.2, -0.15) is 0 Å². The summed E-state index contributed by atoms with van der Waals surface area (Å²) in [6.45, 7) is 2.08. The molecule has 0 spiro atoms. The summed E-state index contributed by atoms with van der Waals surface area (Å²) in [5, 5.41) is 1.14. The lowest BCUT2D eigenvalue weighted by Crippen LogP contribution is -2.07. The maximum atomic E-state index is 5.96. The van der Waals surface area contributed by atoms with Crippen LogP contribution in [0.4, 0.5) is 0 Å². The minimum absolute atomic E-state index is 0.109. The summed E-state index contributed by atoms with van der Waals surface area (Å²) in [5.41, 5.74) is 8.03. The number of hydrogen-bond acceptors (Lipinski definition) is 2. The number of nitrogens with zero attached hydrogens (tertiary/aromatic N) is 1. The maximum absolute atomic E-state index is 5.96. The van der Waals surface area contributed by atoms with Gasteiger partial charge >= 0.3 is 0 Å². The molecule has 0 aliphatic carbocycles. The highest BCUT2D eigenvalue weighted by Crippen LogP contribution is 2.22. The van der Waals surface area contributed by atoms with Gasteiger partial charge in [0, 0.05) is 23.8 Å². The lowest BCUT2D eigenvalue weighted by molar-refractivity contribution is 0.704. The number of aromatic nitrogens is 2. The Morgan fingerprint density at radius 2 is 2.46 bits per heavy atom. The van der Waals surface area contributed by atoms with E-state index in [1.165, 1.54) is 0 Å².